The van der Waals surface area contributed by atoms with Crippen LogP contribution in [0.3, 0.4) is 0 Å². The molecule has 0 aliphatic carbocycles. The molecule has 1 fully saturated rings. The highest BCUT2D eigenvalue weighted by Gasteiger charge is 2.37. The summed E-state index contributed by atoms with van der Waals surface area (Å²) in [4.78, 5) is 23.7. The van der Waals surface area contributed by atoms with Crippen molar-refractivity contribution in [3.63, 3.8) is 0 Å². The molecule has 1 amide bonds. The molecule has 1 aliphatic rings. The molecule has 0 aromatic rings. The first kappa shape index (κ1) is 15.1. The fraction of sp³-hybridized carbons (Fsp3) is 0.800. The van der Waals surface area contributed by atoms with Crippen LogP contribution in [-0.2, 0) is 9.59 Å². The van der Waals surface area contributed by atoms with E-state index < -0.39 is 29.7 Å². The number of likely N-dealkylation sites (tertiary alicyclic amines) is 1. The van der Waals surface area contributed by atoms with Gasteiger partial charge in [-0.15, -0.1) is 11.8 Å². The zero-order valence-corrected chi connectivity index (χ0v) is 10.6. The van der Waals surface area contributed by atoms with E-state index in [9.17, 15) is 22.8 Å². The van der Waals surface area contributed by atoms with Gasteiger partial charge in [0.15, 0.2) is 0 Å². The first-order chi connectivity index (χ1) is 8.20. The summed E-state index contributed by atoms with van der Waals surface area (Å²) < 4.78 is 35.7. The highest BCUT2D eigenvalue weighted by atomic mass is 32.2. The Labute approximate surface area is 107 Å². The molecule has 1 N–H and O–H groups in total. The second-order valence-corrected chi connectivity index (χ2v) is 5.31. The molecule has 0 bridgehead atoms. The molecule has 0 aromatic heterocycles. The molecule has 4 nitrogen and oxygen atoms in total. The lowest BCUT2D eigenvalue weighted by molar-refractivity contribution is -0.142. The van der Waals surface area contributed by atoms with E-state index in [0.29, 0.717) is 18.3 Å². The summed E-state index contributed by atoms with van der Waals surface area (Å²) in [6.07, 6.45) is -4.28. The molecule has 0 aromatic carbocycles. The Morgan fingerprint density at radius 2 is 2.00 bits per heavy atom. The summed E-state index contributed by atoms with van der Waals surface area (Å²) in [5.74, 6) is -3.52. The van der Waals surface area contributed by atoms with Crippen molar-refractivity contribution >= 4 is 23.6 Å². The van der Waals surface area contributed by atoms with Gasteiger partial charge in [0.05, 0.1) is 17.4 Å². The summed E-state index contributed by atoms with van der Waals surface area (Å²) >= 11 is 0.502. The Balaban J connectivity index is 2.38. The number of carbonyl (C=O) groups excluding carboxylic acids is 1. The molecule has 1 aliphatic heterocycles. The van der Waals surface area contributed by atoms with Crippen molar-refractivity contribution in [1.82, 2.24) is 4.90 Å². The Hall–Kier alpha value is -0.920. The van der Waals surface area contributed by atoms with Crippen LogP contribution < -0.4 is 0 Å². The predicted molar refractivity (Wildman–Crippen MR) is 60.2 cm³/mol. The number of alkyl halides is 3. The number of aliphatic carboxylic acids is 1. The third-order valence-electron chi connectivity index (χ3n) is 2.77. The quantitative estimate of drug-likeness (QED) is 0.849. The summed E-state index contributed by atoms with van der Waals surface area (Å²) in [7, 11) is 0. The Bertz CT molecular complexity index is 335. The molecule has 2 atom stereocenters. The van der Waals surface area contributed by atoms with E-state index in [1.807, 2.05) is 0 Å². The lowest BCUT2D eigenvalue weighted by Crippen LogP contribution is -2.31. The van der Waals surface area contributed by atoms with Crippen LogP contribution in [0.5, 0.6) is 0 Å². The summed E-state index contributed by atoms with van der Waals surface area (Å²) in [6, 6.07) is 0. The summed E-state index contributed by atoms with van der Waals surface area (Å²) in [6.45, 7) is 2.10. The van der Waals surface area contributed by atoms with E-state index in [1.54, 1.807) is 6.92 Å². The van der Waals surface area contributed by atoms with Gasteiger partial charge in [-0.05, 0) is 5.92 Å². The van der Waals surface area contributed by atoms with Crippen LogP contribution in [0.4, 0.5) is 13.2 Å². The average Bonchev–Trinajstić information content (AvgIpc) is 2.58. The molecule has 1 heterocycles. The number of carboxylic acid groups (broad SMARTS) is 1. The molecule has 0 saturated carbocycles. The zero-order valence-electron chi connectivity index (χ0n) is 9.74. The fourth-order valence-corrected chi connectivity index (χ4v) is 2.53. The monoisotopic (exact) mass is 285 g/mol. The normalized spacial score (nSPS) is 24.3. The largest absolute Gasteiger partial charge is 0.481 e. The molecule has 1 saturated heterocycles. The van der Waals surface area contributed by atoms with Crippen molar-refractivity contribution in [1.29, 1.82) is 0 Å². The number of carboxylic acids is 1. The van der Waals surface area contributed by atoms with Crippen LogP contribution >= 0.6 is 11.8 Å². The molecule has 0 radical (unpaired) electrons. The minimum absolute atomic E-state index is 0.0852. The molecule has 104 valence electrons. The zero-order chi connectivity index (χ0) is 13.9. The summed E-state index contributed by atoms with van der Waals surface area (Å²) in [5, 5.41) is 8.87. The van der Waals surface area contributed by atoms with Crippen molar-refractivity contribution in [2.45, 2.75) is 13.1 Å². The highest BCUT2D eigenvalue weighted by Crippen LogP contribution is 2.25. The fourth-order valence-electron chi connectivity index (χ4n) is 1.84. The number of hydrogen-bond acceptors (Lipinski definition) is 3. The van der Waals surface area contributed by atoms with Gasteiger partial charge in [0, 0.05) is 13.1 Å². The topological polar surface area (TPSA) is 57.6 Å². The van der Waals surface area contributed by atoms with Crippen LogP contribution in [0.2, 0.25) is 0 Å². The van der Waals surface area contributed by atoms with Gasteiger partial charge >= 0.3 is 12.1 Å². The van der Waals surface area contributed by atoms with Crippen LogP contribution in [0, 0.1) is 11.8 Å². The second kappa shape index (κ2) is 5.81. The Kier molecular flexibility index (Phi) is 4.89. The number of carbonyl (C=O) groups is 2. The molecule has 0 spiro atoms. The second-order valence-electron chi connectivity index (χ2n) is 4.33. The lowest BCUT2D eigenvalue weighted by atomic mass is 9.99. The molecular formula is C10H14F3NO3S. The van der Waals surface area contributed by atoms with Crippen LogP contribution in [0.25, 0.3) is 0 Å². The van der Waals surface area contributed by atoms with Crippen LogP contribution in [0.1, 0.15) is 6.92 Å². The maximum absolute atomic E-state index is 11.9. The Morgan fingerprint density at radius 1 is 1.39 bits per heavy atom. The van der Waals surface area contributed by atoms with E-state index in [1.165, 1.54) is 4.90 Å². The van der Waals surface area contributed by atoms with Gasteiger partial charge in [0.2, 0.25) is 5.91 Å². The number of nitrogens with zero attached hydrogens (tertiary/aromatic N) is 1. The number of amides is 1. The van der Waals surface area contributed by atoms with Gasteiger partial charge in [-0.2, -0.15) is 13.2 Å². The van der Waals surface area contributed by atoms with Crippen molar-refractivity contribution in [2.75, 3.05) is 24.6 Å². The number of hydrogen-bond donors (Lipinski definition) is 1. The van der Waals surface area contributed by atoms with Gasteiger partial charge in [-0.25, -0.2) is 0 Å². The van der Waals surface area contributed by atoms with Crippen LogP contribution in [-0.4, -0.2) is 52.7 Å². The SMILES string of the molecule is C[C@@H]1CN(C(=O)CSCC(F)(F)F)C[C@H]1C(=O)O. The van der Waals surface area contributed by atoms with Crippen molar-refractivity contribution in [2.24, 2.45) is 11.8 Å². The predicted octanol–water partition coefficient (Wildman–Crippen LogP) is 1.46. The third kappa shape index (κ3) is 4.40. The van der Waals surface area contributed by atoms with Crippen molar-refractivity contribution in [3.05, 3.63) is 0 Å². The molecule has 8 heteroatoms. The maximum Gasteiger partial charge on any atom is 0.397 e. The average molecular weight is 285 g/mol. The number of halogens is 3. The number of thioether (sulfide) groups is 1. The molecular weight excluding hydrogens is 271 g/mol. The summed E-state index contributed by atoms with van der Waals surface area (Å²) in [5.41, 5.74) is 0. The standard InChI is InChI=1S/C10H14F3NO3S/c1-6-2-14(3-7(6)9(16)17)8(15)4-18-5-10(11,12)13/h6-7H,2-5H2,1H3,(H,16,17)/t6-,7-/m1/s1. The van der Waals surface area contributed by atoms with Crippen molar-refractivity contribution < 1.29 is 27.9 Å². The van der Waals surface area contributed by atoms with E-state index in [0.717, 1.165) is 0 Å². The van der Waals surface area contributed by atoms with E-state index in [4.69, 9.17) is 5.11 Å². The third-order valence-corrected chi connectivity index (χ3v) is 3.76. The van der Waals surface area contributed by atoms with Gasteiger partial charge < -0.3 is 10.0 Å². The van der Waals surface area contributed by atoms with Gasteiger partial charge in [-0.1, -0.05) is 6.92 Å². The van der Waals surface area contributed by atoms with Crippen LogP contribution in [0.15, 0.2) is 0 Å². The minimum atomic E-state index is -4.28. The van der Waals surface area contributed by atoms with Crippen molar-refractivity contribution in [3.8, 4) is 0 Å². The molecule has 18 heavy (non-hydrogen) atoms. The van der Waals surface area contributed by atoms with E-state index >= 15 is 0 Å². The smallest absolute Gasteiger partial charge is 0.397 e. The van der Waals surface area contributed by atoms with Gasteiger partial charge in [-0.3, -0.25) is 9.59 Å². The number of rotatable bonds is 4. The Morgan fingerprint density at radius 3 is 2.44 bits per heavy atom. The first-order valence-electron chi connectivity index (χ1n) is 5.36. The minimum Gasteiger partial charge on any atom is -0.481 e. The molecule has 1 rings (SSSR count). The first-order valence-corrected chi connectivity index (χ1v) is 6.51. The van der Waals surface area contributed by atoms with Gasteiger partial charge in [0.1, 0.15) is 0 Å². The molecule has 0 unspecified atom stereocenters. The lowest BCUT2D eigenvalue weighted by Gasteiger charge is -2.15. The van der Waals surface area contributed by atoms with Gasteiger partial charge in [0.25, 0.3) is 0 Å². The van der Waals surface area contributed by atoms with E-state index in [2.05, 4.69) is 0 Å². The maximum atomic E-state index is 11.9. The van der Waals surface area contributed by atoms with E-state index in [-0.39, 0.29) is 18.2 Å². The highest BCUT2D eigenvalue weighted by molar-refractivity contribution is 8.00.